The minimum Gasteiger partial charge on any atom is -0.466 e. The number of aryl methyl sites for hydroxylation is 2. The molecule has 0 aliphatic rings. The molecule has 0 aliphatic heterocycles. The van der Waals surface area contributed by atoms with E-state index in [0.717, 1.165) is 23.6 Å². The Morgan fingerprint density at radius 2 is 2.23 bits per heavy atom. The van der Waals surface area contributed by atoms with Gasteiger partial charge in [-0.3, -0.25) is 0 Å². The van der Waals surface area contributed by atoms with Gasteiger partial charge in [-0.05, 0) is 26.8 Å². The summed E-state index contributed by atoms with van der Waals surface area (Å²) in [7, 11) is 0. The van der Waals surface area contributed by atoms with Crippen molar-refractivity contribution >= 4 is 0 Å². The second-order valence-corrected chi connectivity index (χ2v) is 3.42. The van der Waals surface area contributed by atoms with Crippen LogP contribution in [0.2, 0.25) is 0 Å². The van der Waals surface area contributed by atoms with Crippen molar-refractivity contribution in [1.29, 1.82) is 0 Å². The molecule has 74 valence electrons. The van der Waals surface area contributed by atoms with Gasteiger partial charge in [0.2, 0.25) is 0 Å². The van der Waals surface area contributed by atoms with Crippen LogP contribution in [0.3, 0.4) is 0 Å². The fourth-order valence-electron chi connectivity index (χ4n) is 1.27. The Labute approximate surface area is 78.8 Å². The van der Waals surface area contributed by atoms with Crippen molar-refractivity contribution in [2.75, 3.05) is 6.54 Å². The van der Waals surface area contributed by atoms with Crippen LogP contribution in [0.25, 0.3) is 0 Å². The molecule has 1 atom stereocenters. The summed E-state index contributed by atoms with van der Waals surface area (Å²) in [6, 6.07) is 2.02. The molecule has 0 aliphatic carbocycles. The molecule has 0 unspecified atom stereocenters. The monoisotopic (exact) mass is 183 g/mol. The number of hydrogen-bond donors (Lipinski definition) is 2. The third-order valence-electron chi connectivity index (χ3n) is 1.90. The summed E-state index contributed by atoms with van der Waals surface area (Å²) in [4.78, 5) is 0. The molecular weight excluding hydrogens is 166 g/mol. The van der Waals surface area contributed by atoms with E-state index in [4.69, 9.17) is 9.52 Å². The predicted molar refractivity (Wildman–Crippen MR) is 51.6 cm³/mol. The van der Waals surface area contributed by atoms with Crippen LogP contribution < -0.4 is 5.32 Å². The highest BCUT2D eigenvalue weighted by atomic mass is 16.3. The number of hydrogen-bond acceptors (Lipinski definition) is 3. The highest BCUT2D eigenvalue weighted by Crippen LogP contribution is 2.12. The molecule has 1 heterocycles. The van der Waals surface area contributed by atoms with Crippen LogP contribution >= 0.6 is 0 Å². The Morgan fingerprint density at radius 1 is 1.54 bits per heavy atom. The first-order chi connectivity index (χ1) is 6.09. The van der Waals surface area contributed by atoms with Gasteiger partial charge in [0.1, 0.15) is 11.5 Å². The first-order valence-corrected chi connectivity index (χ1v) is 4.54. The molecular formula is C10H17NO2. The van der Waals surface area contributed by atoms with Crippen molar-refractivity contribution in [2.45, 2.75) is 33.4 Å². The Morgan fingerprint density at radius 3 is 2.69 bits per heavy atom. The van der Waals surface area contributed by atoms with E-state index < -0.39 is 0 Å². The summed E-state index contributed by atoms with van der Waals surface area (Å²) in [6.07, 6.45) is -0.298. The molecule has 1 rings (SSSR count). The molecule has 1 aromatic rings. The first-order valence-electron chi connectivity index (χ1n) is 4.54. The first kappa shape index (κ1) is 10.3. The average molecular weight is 183 g/mol. The van der Waals surface area contributed by atoms with Crippen molar-refractivity contribution in [3.63, 3.8) is 0 Å². The lowest BCUT2D eigenvalue weighted by molar-refractivity contribution is 0.191. The van der Waals surface area contributed by atoms with Crippen LogP contribution in [0.4, 0.5) is 0 Å². The largest absolute Gasteiger partial charge is 0.466 e. The van der Waals surface area contributed by atoms with E-state index in [0.29, 0.717) is 6.54 Å². The van der Waals surface area contributed by atoms with E-state index in [1.54, 1.807) is 6.92 Å². The predicted octanol–water partition coefficient (Wildman–Crippen LogP) is 1.37. The number of aliphatic hydroxyl groups excluding tert-OH is 1. The lowest BCUT2D eigenvalue weighted by Crippen LogP contribution is -2.23. The summed E-state index contributed by atoms with van der Waals surface area (Å²) in [5, 5.41) is 12.2. The molecule has 0 amide bonds. The maximum absolute atomic E-state index is 9.02. The van der Waals surface area contributed by atoms with Gasteiger partial charge < -0.3 is 14.8 Å². The number of furan rings is 1. The molecule has 3 heteroatoms. The van der Waals surface area contributed by atoms with Gasteiger partial charge in [0.15, 0.2) is 0 Å². The zero-order valence-corrected chi connectivity index (χ0v) is 8.42. The fourth-order valence-corrected chi connectivity index (χ4v) is 1.27. The SMILES string of the molecule is Cc1cc(CNC[C@H](C)O)c(C)o1. The minimum atomic E-state index is -0.298. The molecule has 3 nitrogen and oxygen atoms in total. The van der Waals surface area contributed by atoms with E-state index in [1.807, 2.05) is 19.9 Å². The lowest BCUT2D eigenvalue weighted by atomic mass is 10.2. The van der Waals surface area contributed by atoms with Gasteiger partial charge in [0.05, 0.1) is 6.10 Å². The highest BCUT2D eigenvalue weighted by molar-refractivity contribution is 5.19. The molecule has 1 aromatic heterocycles. The van der Waals surface area contributed by atoms with Gasteiger partial charge in [0, 0.05) is 18.7 Å². The van der Waals surface area contributed by atoms with E-state index in [9.17, 15) is 0 Å². The fraction of sp³-hybridized carbons (Fsp3) is 0.600. The Bertz CT molecular complexity index is 266. The van der Waals surface area contributed by atoms with Crippen LogP contribution in [0.15, 0.2) is 10.5 Å². The van der Waals surface area contributed by atoms with Gasteiger partial charge in [-0.25, -0.2) is 0 Å². The topological polar surface area (TPSA) is 45.4 Å². The van der Waals surface area contributed by atoms with Gasteiger partial charge >= 0.3 is 0 Å². The standard InChI is InChI=1S/C10H17NO2/c1-7(12)5-11-6-10-4-8(2)13-9(10)3/h4,7,11-12H,5-6H2,1-3H3/t7-/m0/s1. The second kappa shape index (κ2) is 4.44. The zero-order valence-electron chi connectivity index (χ0n) is 8.42. The lowest BCUT2D eigenvalue weighted by Gasteiger charge is -2.05. The summed E-state index contributed by atoms with van der Waals surface area (Å²) >= 11 is 0. The molecule has 0 saturated carbocycles. The second-order valence-electron chi connectivity index (χ2n) is 3.42. The van der Waals surface area contributed by atoms with Crippen molar-refractivity contribution in [1.82, 2.24) is 5.32 Å². The van der Waals surface area contributed by atoms with E-state index >= 15 is 0 Å². The third-order valence-corrected chi connectivity index (χ3v) is 1.90. The van der Waals surface area contributed by atoms with Crippen LogP contribution in [-0.4, -0.2) is 17.8 Å². The summed E-state index contributed by atoms with van der Waals surface area (Å²) in [6.45, 7) is 7.02. The van der Waals surface area contributed by atoms with Gasteiger partial charge in [-0.15, -0.1) is 0 Å². The smallest absolute Gasteiger partial charge is 0.105 e. The van der Waals surface area contributed by atoms with Crippen molar-refractivity contribution in [3.05, 3.63) is 23.2 Å². The molecule has 0 spiro atoms. The number of rotatable bonds is 4. The normalized spacial score (nSPS) is 13.2. The average Bonchev–Trinajstić information content (AvgIpc) is 2.29. The van der Waals surface area contributed by atoms with Gasteiger partial charge in [0.25, 0.3) is 0 Å². The van der Waals surface area contributed by atoms with Gasteiger partial charge in [-0.1, -0.05) is 0 Å². The minimum absolute atomic E-state index is 0.298. The Kier molecular flexibility index (Phi) is 3.51. The maximum atomic E-state index is 9.02. The number of nitrogens with one attached hydrogen (secondary N) is 1. The van der Waals surface area contributed by atoms with Crippen LogP contribution in [0.1, 0.15) is 24.0 Å². The summed E-state index contributed by atoms with van der Waals surface area (Å²) in [5.41, 5.74) is 1.16. The maximum Gasteiger partial charge on any atom is 0.105 e. The van der Waals surface area contributed by atoms with Crippen LogP contribution in [-0.2, 0) is 6.54 Å². The van der Waals surface area contributed by atoms with Crippen molar-refractivity contribution in [3.8, 4) is 0 Å². The molecule has 2 N–H and O–H groups in total. The van der Waals surface area contributed by atoms with E-state index in [1.165, 1.54) is 0 Å². The van der Waals surface area contributed by atoms with Crippen molar-refractivity contribution in [2.24, 2.45) is 0 Å². The molecule has 0 fully saturated rings. The molecule has 0 aromatic carbocycles. The van der Waals surface area contributed by atoms with Gasteiger partial charge in [-0.2, -0.15) is 0 Å². The van der Waals surface area contributed by atoms with E-state index in [-0.39, 0.29) is 6.10 Å². The molecule has 0 saturated heterocycles. The quantitative estimate of drug-likeness (QED) is 0.741. The highest BCUT2D eigenvalue weighted by Gasteiger charge is 2.03. The van der Waals surface area contributed by atoms with Crippen LogP contribution in [0, 0.1) is 13.8 Å². The molecule has 13 heavy (non-hydrogen) atoms. The summed E-state index contributed by atoms with van der Waals surface area (Å²) < 4.78 is 5.37. The Hall–Kier alpha value is -0.800. The molecule has 0 bridgehead atoms. The Balaban J connectivity index is 2.40. The van der Waals surface area contributed by atoms with Crippen LogP contribution in [0.5, 0.6) is 0 Å². The van der Waals surface area contributed by atoms with E-state index in [2.05, 4.69) is 5.32 Å². The molecule has 0 radical (unpaired) electrons. The summed E-state index contributed by atoms with van der Waals surface area (Å²) in [5.74, 6) is 1.89. The zero-order chi connectivity index (χ0) is 9.84. The van der Waals surface area contributed by atoms with Crippen molar-refractivity contribution < 1.29 is 9.52 Å². The third kappa shape index (κ3) is 3.20. The number of aliphatic hydroxyl groups is 1.